The van der Waals surface area contributed by atoms with Gasteiger partial charge in [0.15, 0.2) is 0 Å². The van der Waals surface area contributed by atoms with Crippen molar-refractivity contribution in [3.8, 4) is 0 Å². The van der Waals surface area contributed by atoms with E-state index < -0.39 is 10.0 Å². The molecule has 0 amide bonds. The highest BCUT2D eigenvalue weighted by molar-refractivity contribution is 7.89. The van der Waals surface area contributed by atoms with E-state index >= 15 is 0 Å². The number of nitrogens with two attached hydrogens (primary N) is 1. The van der Waals surface area contributed by atoms with Crippen LogP contribution in [0, 0.1) is 0 Å². The molecule has 1 unspecified atom stereocenters. The minimum absolute atomic E-state index is 0.0633. The molecule has 6 nitrogen and oxygen atoms in total. The van der Waals surface area contributed by atoms with Gasteiger partial charge in [0, 0.05) is 24.3 Å². The van der Waals surface area contributed by atoms with E-state index in [2.05, 4.69) is 10.4 Å². The Morgan fingerprint density at radius 2 is 2.20 bits per heavy atom. The van der Waals surface area contributed by atoms with Gasteiger partial charge >= 0.3 is 0 Å². The van der Waals surface area contributed by atoms with E-state index in [0.29, 0.717) is 5.69 Å². The van der Waals surface area contributed by atoms with Gasteiger partial charge < -0.3 is 5.43 Å². The molecule has 2 aromatic rings. The zero-order valence-corrected chi connectivity index (χ0v) is 12.8. The Balaban J connectivity index is 2.39. The first-order chi connectivity index (χ1) is 9.48. The van der Waals surface area contributed by atoms with Crippen LogP contribution >= 0.6 is 11.3 Å². The molecule has 0 saturated heterocycles. The molecule has 2 heterocycles. The molecule has 0 spiro atoms. The number of nitrogens with one attached hydrogen (secondary N) is 1. The summed E-state index contributed by atoms with van der Waals surface area (Å²) in [5.41, 5.74) is 2.71. The fraction of sp³-hybridized carbons (Fsp3) is 0.250. The van der Waals surface area contributed by atoms with Crippen LogP contribution in [0.2, 0.25) is 0 Å². The summed E-state index contributed by atoms with van der Waals surface area (Å²) in [5.74, 6) is 5.36. The van der Waals surface area contributed by atoms with Crippen molar-refractivity contribution in [1.29, 1.82) is 0 Å². The number of hydrogen-bond donors (Lipinski definition) is 2. The van der Waals surface area contributed by atoms with Gasteiger partial charge in [0.05, 0.1) is 11.7 Å². The number of hydrogen-bond acceptors (Lipinski definition) is 6. The minimum Gasteiger partial charge on any atom is -0.323 e. The number of rotatable bonds is 5. The molecule has 20 heavy (non-hydrogen) atoms. The SMILES string of the molecule is CC(c1cccs1)N(C)S(=O)(=O)c1cnccc1NN. The Labute approximate surface area is 122 Å². The summed E-state index contributed by atoms with van der Waals surface area (Å²) in [6.45, 7) is 1.84. The quantitative estimate of drug-likeness (QED) is 0.649. The van der Waals surface area contributed by atoms with Crippen LogP contribution in [0.1, 0.15) is 17.8 Å². The molecule has 108 valence electrons. The zero-order chi connectivity index (χ0) is 14.8. The predicted molar refractivity (Wildman–Crippen MR) is 79.7 cm³/mol. The molecule has 0 aliphatic heterocycles. The summed E-state index contributed by atoms with van der Waals surface area (Å²) in [7, 11) is -2.12. The second-order valence-corrected chi connectivity index (χ2v) is 7.17. The topological polar surface area (TPSA) is 88.3 Å². The third-order valence-corrected chi connectivity index (χ3v) is 6.10. The highest BCUT2D eigenvalue weighted by Gasteiger charge is 2.29. The molecule has 0 aromatic carbocycles. The Bertz CT molecular complexity index is 671. The first-order valence-electron chi connectivity index (χ1n) is 5.90. The van der Waals surface area contributed by atoms with Crippen LogP contribution in [0.25, 0.3) is 0 Å². The van der Waals surface area contributed by atoms with Crippen LogP contribution in [0.5, 0.6) is 0 Å². The summed E-state index contributed by atoms with van der Waals surface area (Å²) < 4.78 is 26.6. The summed E-state index contributed by atoms with van der Waals surface area (Å²) >= 11 is 1.52. The zero-order valence-electron chi connectivity index (χ0n) is 11.1. The Morgan fingerprint density at radius 1 is 1.45 bits per heavy atom. The molecule has 0 saturated carbocycles. The third-order valence-electron chi connectivity index (χ3n) is 3.10. The third kappa shape index (κ3) is 2.68. The number of hydrazine groups is 1. The van der Waals surface area contributed by atoms with Gasteiger partial charge in [-0.1, -0.05) is 6.07 Å². The predicted octanol–water partition coefficient (Wildman–Crippen LogP) is 1.81. The fourth-order valence-corrected chi connectivity index (χ4v) is 4.11. The normalized spacial score (nSPS) is 13.4. The minimum atomic E-state index is -3.67. The Morgan fingerprint density at radius 3 is 2.80 bits per heavy atom. The first kappa shape index (κ1) is 14.9. The monoisotopic (exact) mass is 312 g/mol. The van der Waals surface area contributed by atoms with E-state index in [1.165, 1.54) is 34.1 Å². The van der Waals surface area contributed by atoms with Crippen molar-refractivity contribution < 1.29 is 8.42 Å². The van der Waals surface area contributed by atoms with E-state index in [0.717, 1.165) is 4.88 Å². The van der Waals surface area contributed by atoms with Crippen molar-refractivity contribution in [2.45, 2.75) is 17.9 Å². The maximum absolute atomic E-state index is 12.6. The largest absolute Gasteiger partial charge is 0.323 e. The summed E-state index contributed by atoms with van der Waals surface area (Å²) in [5, 5.41) is 1.92. The highest BCUT2D eigenvalue weighted by Crippen LogP contribution is 2.30. The molecule has 0 aliphatic rings. The molecule has 3 N–H and O–H groups in total. The average Bonchev–Trinajstić information content (AvgIpc) is 2.99. The molecule has 0 fully saturated rings. The molecular formula is C12H16N4O2S2. The molecule has 1 atom stereocenters. The molecule has 0 aliphatic carbocycles. The van der Waals surface area contributed by atoms with E-state index in [1.807, 2.05) is 24.4 Å². The van der Waals surface area contributed by atoms with Gasteiger partial charge in [-0.25, -0.2) is 8.42 Å². The molecule has 2 aromatic heterocycles. The molecular weight excluding hydrogens is 296 g/mol. The maximum Gasteiger partial charge on any atom is 0.247 e. The lowest BCUT2D eigenvalue weighted by atomic mass is 10.3. The lowest BCUT2D eigenvalue weighted by Crippen LogP contribution is -2.30. The van der Waals surface area contributed by atoms with E-state index in [4.69, 9.17) is 5.84 Å². The van der Waals surface area contributed by atoms with Crippen LogP contribution in [-0.4, -0.2) is 24.8 Å². The molecule has 0 bridgehead atoms. The van der Waals surface area contributed by atoms with Gasteiger partial charge in [0.1, 0.15) is 4.90 Å². The number of aromatic nitrogens is 1. The number of thiophene rings is 1. The van der Waals surface area contributed by atoms with Crippen LogP contribution in [0.15, 0.2) is 40.9 Å². The van der Waals surface area contributed by atoms with Gasteiger partial charge in [-0.3, -0.25) is 10.8 Å². The van der Waals surface area contributed by atoms with Crippen molar-refractivity contribution in [2.75, 3.05) is 12.5 Å². The fourth-order valence-electron chi connectivity index (χ4n) is 1.78. The second kappa shape index (κ2) is 5.88. The number of anilines is 1. The van der Waals surface area contributed by atoms with Crippen LogP contribution in [0.3, 0.4) is 0 Å². The van der Waals surface area contributed by atoms with Gasteiger partial charge in [0.25, 0.3) is 0 Å². The van der Waals surface area contributed by atoms with Crippen LogP contribution in [-0.2, 0) is 10.0 Å². The summed E-state index contributed by atoms with van der Waals surface area (Å²) in [4.78, 5) is 4.90. The van der Waals surface area contributed by atoms with Crippen molar-refractivity contribution in [2.24, 2.45) is 5.84 Å². The van der Waals surface area contributed by atoms with E-state index in [1.54, 1.807) is 7.05 Å². The Hall–Kier alpha value is -1.48. The van der Waals surface area contributed by atoms with E-state index in [9.17, 15) is 8.42 Å². The number of nitrogen functional groups attached to an aromatic ring is 1. The smallest absolute Gasteiger partial charge is 0.247 e. The van der Waals surface area contributed by atoms with Crippen molar-refractivity contribution in [3.63, 3.8) is 0 Å². The van der Waals surface area contributed by atoms with Crippen LogP contribution in [0.4, 0.5) is 5.69 Å². The van der Waals surface area contributed by atoms with Crippen LogP contribution < -0.4 is 11.3 Å². The standard InChI is InChI=1S/C12H16N4O2S2/c1-9(11-4-3-7-19-11)16(2)20(17,18)12-8-14-6-5-10(12)15-13/h3-9H,13H2,1-2H3,(H,14,15). The van der Waals surface area contributed by atoms with Gasteiger partial charge in [-0.15, -0.1) is 11.3 Å². The lowest BCUT2D eigenvalue weighted by molar-refractivity contribution is 0.403. The van der Waals surface area contributed by atoms with Gasteiger partial charge in [-0.05, 0) is 24.4 Å². The average molecular weight is 312 g/mol. The van der Waals surface area contributed by atoms with Gasteiger partial charge in [-0.2, -0.15) is 4.31 Å². The number of nitrogens with zero attached hydrogens (tertiary/aromatic N) is 2. The van der Waals surface area contributed by atoms with Gasteiger partial charge in [0.2, 0.25) is 10.0 Å². The first-order valence-corrected chi connectivity index (χ1v) is 8.22. The molecule has 0 radical (unpaired) electrons. The highest BCUT2D eigenvalue weighted by atomic mass is 32.2. The summed E-state index contributed by atoms with van der Waals surface area (Å²) in [6, 6.07) is 5.07. The summed E-state index contributed by atoms with van der Waals surface area (Å²) in [6.07, 6.45) is 2.78. The van der Waals surface area contributed by atoms with Crippen molar-refractivity contribution in [1.82, 2.24) is 9.29 Å². The number of sulfonamides is 1. The molecule has 2 rings (SSSR count). The van der Waals surface area contributed by atoms with E-state index in [-0.39, 0.29) is 10.9 Å². The molecule has 8 heteroatoms. The Kier molecular flexibility index (Phi) is 4.39. The number of pyridine rings is 1. The van der Waals surface area contributed by atoms with Crippen molar-refractivity contribution in [3.05, 3.63) is 40.8 Å². The van der Waals surface area contributed by atoms with Crippen molar-refractivity contribution >= 4 is 27.0 Å². The maximum atomic E-state index is 12.6. The second-order valence-electron chi connectivity index (χ2n) is 4.23. The lowest BCUT2D eigenvalue weighted by Gasteiger charge is -2.24.